The first-order valence-corrected chi connectivity index (χ1v) is 9.09. The third-order valence-corrected chi connectivity index (χ3v) is 8.54. The van der Waals surface area contributed by atoms with E-state index in [0.717, 1.165) is 13.2 Å². The van der Waals surface area contributed by atoms with Crippen LogP contribution in [-0.2, 0) is 4.74 Å². The van der Waals surface area contributed by atoms with Gasteiger partial charge in [-0.05, 0) is 0 Å². The molecule has 0 aromatic carbocycles. The Kier molecular flexibility index (Phi) is 9.18. The number of unbranched alkanes of at least 4 members (excludes halogenated alkanes) is 1. The maximum atomic E-state index is 5.32. The van der Waals surface area contributed by atoms with Gasteiger partial charge in [0.2, 0.25) is 0 Å². The van der Waals surface area contributed by atoms with Crippen molar-refractivity contribution < 1.29 is 28.7 Å². The van der Waals surface area contributed by atoms with Crippen LogP contribution in [0.25, 0.3) is 0 Å². The first-order chi connectivity index (χ1) is 4.93. The van der Waals surface area contributed by atoms with Crippen molar-refractivity contribution in [3.8, 4) is 0 Å². The molecule has 1 nitrogen and oxygen atoms in total. The van der Waals surface area contributed by atoms with Crippen molar-refractivity contribution in [1.29, 1.82) is 0 Å². The van der Waals surface area contributed by atoms with E-state index >= 15 is 0 Å². The summed E-state index contributed by atoms with van der Waals surface area (Å²) in [5.74, 6) is 0. The second kappa shape index (κ2) is 8.09. The molecule has 3 heteroatoms. The molecule has 0 spiro atoms. The number of halogens is 1. The van der Waals surface area contributed by atoms with Gasteiger partial charge >= 0.3 is 70.7 Å². The molecular formula is C8H17IOTe. The summed E-state index contributed by atoms with van der Waals surface area (Å²) in [6, 6.07) is 0. The normalized spacial score (nSPS) is 19.4. The third kappa shape index (κ3) is 5.68. The average Bonchev–Trinajstić information content (AvgIpc) is 2.03. The van der Waals surface area contributed by atoms with Crippen molar-refractivity contribution in [3.63, 3.8) is 0 Å². The van der Waals surface area contributed by atoms with E-state index in [1.54, 1.807) is 4.47 Å². The molecule has 0 amide bonds. The summed E-state index contributed by atoms with van der Waals surface area (Å²) in [4.78, 5) is 0. The van der Waals surface area contributed by atoms with Gasteiger partial charge in [-0.1, -0.05) is 0 Å². The minimum Gasteiger partial charge on any atom is -1.00 e. The second-order valence-corrected chi connectivity index (χ2v) is 9.68. The van der Waals surface area contributed by atoms with Crippen LogP contribution in [0.5, 0.6) is 0 Å². The van der Waals surface area contributed by atoms with Gasteiger partial charge in [0.05, 0.1) is 0 Å². The van der Waals surface area contributed by atoms with E-state index < -0.39 is 19.6 Å². The van der Waals surface area contributed by atoms with Crippen molar-refractivity contribution in [2.24, 2.45) is 0 Å². The van der Waals surface area contributed by atoms with E-state index in [1.165, 1.54) is 21.8 Å². The predicted octanol–water partition coefficient (Wildman–Crippen LogP) is -0.684. The van der Waals surface area contributed by atoms with Crippen LogP contribution < -0.4 is 24.0 Å². The molecule has 0 saturated carbocycles. The van der Waals surface area contributed by atoms with Crippen molar-refractivity contribution >= 4 is 19.6 Å². The summed E-state index contributed by atoms with van der Waals surface area (Å²) >= 11 is -0.549. The molecular weight excluding hydrogens is 367 g/mol. The Labute approximate surface area is 93.9 Å². The Balaban J connectivity index is 0.000001000. The molecule has 1 aliphatic heterocycles. The molecule has 0 unspecified atom stereocenters. The molecule has 0 bridgehead atoms. The zero-order valence-electron chi connectivity index (χ0n) is 7.14. The molecule has 0 aromatic heterocycles. The van der Waals surface area contributed by atoms with E-state index in [9.17, 15) is 0 Å². The van der Waals surface area contributed by atoms with Gasteiger partial charge in [0.1, 0.15) is 0 Å². The molecule has 0 aliphatic carbocycles. The van der Waals surface area contributed by atoms with E-state index in [2.05, 4.69) is 6.92 Å². The van der Waals surface area contributed by atoms with Crippen LogP contribution in [0, 0.1) is 0 Å². The van der Waals surface area contributed by atoms with Crippen LogP contribution in [0.3, 0.4) is 0 Å². The molecule has 1 fully saturated rings. The quantitative estimate of drug-likeness (QED) is 0.463. The fourth-order valence-corrected chi connectivity index (χ4v) is 6.87. The Morgan fingerprint density at radius 2 is 1.91 bits per heavy atom. The SMILES string of the molecule is CCCC[Te+]1CCOCC1.[I-]. The van der Waals surface area contributed by atoms with Gasteiger partial charge in [0.25, 0.3) is 0 Å². The zero-order valence-corrected chi connectivity index (χ0v) is 11.6. The maximum absolute atomic E-state index is 5.32. The van der Waals surface area contributed by atoms with E-state index in [1.807, 2.05) is 0 Å². The Morgan fingerprint density at radius 1 is 1.27 bits per heavy atom. The molecule has 0 aromatic rings. The molecule has 0 atom stereocenters. The largest absolute Gasteiger partial charge is 1.00 e. The van der Waals surface area contributed by atoms with Crippen molar-refractivity contribution in [1.82, 2.24) is 0 Å². The molecule has 0 radical (unpaired) electrons. The van der Waals surface area contributed by atoms with Gasteiger partial charge in [-0.15, -0.1) is 0 Å². The molecule has 11 heavy (non-hydrogen) atoms. The fraction of sp³-hybridized carbons (Fsp3) is 1.00. The molecule has 0 N–H and O–H groups in total. The van der Waals surface area contributed by atoms with Gasteiger partial charge < -0.3 is 24.0 Å². The summed E-state index contributed by atoms with van der Waals surface area (Å²) in [5.41, 5.74) is 0. The summed E-state index contributed by atoms with van der Waals surface area (Å²) < 4.78 is 9.87. The first-order valence-electron chi connectivity index (χ1n) is 4.15. The monoisotopic (exact) mass is 386 g/mol. The zero-order chi connectivity index (χ0) is 7.23. The van der Waals surface area contributed by atoms with Gasteiger partial charge in [-0.2, -0.15) is 0 Å². The topological polar surface area (TPSA) is 9.23 Å². The van der Waals surface area contributed by atoms with Gasteiger partial charge in [-0.3, -0.25) is 0 Å². The molecule has 1 rings (SSSR count). The number of hydrogen-bond acceptors (Lipinski definition) is 1. The Bertz CT molecular complexity index is 84.2. The van der Waals surface area contributed by atoms with Crippen molar-refractivity contribution in [2.75, 3.05) is 13.2 Å². The number of rotatable bonds is 3. The molecule has 1 saturated heterocycles. The van der Waals surface area contributed by atoms with Crippen LogP contribution in [0.15, 0.2) is 0 Å². The third-order valence-electron chi connectivity index (χ3n) is 1.82. The molecule has 1 heterocycles. The van der Waals surface area contributed by atoms with Crippen LogP contribution in [0.4, 0.5) is 0 Å². The Hall–Kier alpha value is 1.48. The predicted molar refractivity (Wildman–Crippen MR) is 45.9 cm³/mol. The van der Waals surface area contributed by atoms with E-state index in [4.69, 9.17) is 4.74 Å². The van der Waals surface area contributed by atoms with Crippen molar-refractivity contribution in [3.05, 3.63) is 0 Å². The minimum atomic E-state index is -0.549. The average molecular weight is 384 g/mol. The summed E-state index contributed by atoms with van der Waals surface area (Å²) in [7, 11) is 0. The van der Waals surface area contributed by atoms with Gasteiger partial charge in [-0.25, -0.2) is 0 Å². The first kappa shape index (κ1) is 12.5. The number of hydrogen-bond donors (Lipinski definition) is 0. The summed E-state index contributed by atoms with van der Waals surface area (Å²) in [6.07, 6.45) is 2.87. The standard InChI is InChI=1S/C8H17OTe.HI/c1-2-3-6-10-7-4-9-5-8-10;/h2-8H2,1H3;1H/q+1;/p-1. The van der Waals surface area contributed by atoms with E-state index in [0.29, 0.717) is 0 Å². The number of ether oxygens (including phenoxy) is 1. The van der Waals surface area contributed by atoms with Crippen LogP contribution in [0.2, 0.25) is 13.4 Å². The van der Waals surface area contributed by atoms with Crippen LogP contribution in [-0.4, -0.2) is 32.8 Å². The fourth-order valence-electron chi connectivity index (χ4n) is 1.11. The summed E-state index contributed by atoms with van der Waals surface area (Å²) in [6.45, 7) is 4.46. The van der Waals surface area contributed by atoms with E-state index in [-0.39, 0.29) is 24.0 Å². The van der Waals surface area contributed by atoms with Crippen molar-refractivity contribution in [2.45, 2.75) is 33.2 Å². The van der Waals surface area contributed by atoms with Gasteiger partial charge in [0.15, 0.2) is 0 Å². The van der Waals surface area contributed by atoms with Gasteiger partial charge in [0, 0.05) is 0 Å². The Morgan fingerprint density at radius 3 is 2.45 bits per heavy atom. The smallest absolute Gasteiger partial charge is 1.00 e. The van der Waals surface area contributed by atoms with Crippen LogP contribution in [0.1, 0.15) is 19.8 Å². The molecule has 1 aliphatic rings. The second-order valence-electron chi connectivity index (χ2n) is 2.69. The summed E-state index contributed by atoms with van der Waals surface area (Å²) in [5, 5.41) is 0. The maximum Gasteiger partial charge on any atom is -1.00 e. The molecule has 68 valence electrons. The van der Waals surface area contributed by atoms with Crippen LogP contribution >= 0.6 is 0 Å². The minimum absolute atomic E-state index is 0.